The van der Waals surface area contributed by atoms with Gasteiger partial charge in [0.2, 0.25) is 5.95 Å². The topological polar surface area (TPSA) is 116 Å². The van der Waals surface area contributed by atoms with Crippen LogP contribution in [0.15, 0.2) is 23.2 Å². The number of ether oxygens (including phenoxy) is 2. The number of nitrogens with two attached hydrogens (primary N) is 1. The van der Waals surface area contributed by atoms with Crippen LogP contribution in [0.3, 0.4) is 0 Å². The van der Waals surface area contributed by atoms with E-state index in [1.165, 1.54) is 19.4 Å². The molecule has 0 amide bonds. The van der Waals surface area contributed by atoms with Gasteiger partial charge >= 0.3 is 0 Å². The van der Waals surface area contributed by atoms with Crippen LogP contribution in [0.5, 0.6) is 17.2 Å². The number of sulfone groups is 1. The molecule has 2 heterocycles. The van der Waals surface area contributed by atoms with E-state index in [1.54, 1.807) is 6.07 Å². The average Bonchev–Trinajstić information content (AvgIpc) is 2.69. The molecule has 1 aromatic carbocycles. The minimum atomic E-state index is -3.52. The summed E-state index contributed by atoms with van der Waals surface area (Å²) < 4.78 is 35.7. The van der Waals surface area contributed by atoms with E-state index in [4.69, 9.17) is 15.2 Å². The van der Waals surface area contributed by atoms with Gasteiger partial charge < -0.3 is 20.5 Å². The first-order valence-corrected chi connectivity index (χ1v) is 12.8. The van der Waals surface area contributed by atoms with Crippen molar-refractivity contribution in [2.75, 3.05) is 35.9 Å². The van der Waals surface area contributed by atoms with Crippen LogP contribution in [0.25, 0.3) is 0 Å². The van der Waals surface area contributed by atoms with Crippen LogP contribution in [-0.2, 0) is 9.84 Å². The van der Waals surface area contributed by atoms with Crippen LogP contribution in [0.4, 0.5) is 11.8 Å². The number of aromatic nitrogens is 2. The smallest absolute Gasteiger partial charge is 0.225 e. The van der Waals surface area contributed by atoms with E-state index < -0.39 is 9.84 Å². The molecule has 0 unspecified atom stereocenters. The summed E-state index contributed by atoms with van der Waals surface area (Å²) >= 11 is 1.95. The first kappa shape index (κ1) is 22.5. The van der Waals surface area contributed by atoms with Crippen LogP contribution in [-0.4, -0.2) is 49.3 Å². The number of anilines is 2. The summed E-state index contributed by atoms with van der Waals surface area (Å²) in [5, 5.41) is 3.32. The summed E-state index contributed by atoms with van der Waals surface area (Å²) in [4.78, 5) is 8.71. The fraction of sp³-hybridized carbons (Fsp3) is 0.500. The lowest BCUT2D eigenvalue weighted by Gasteiger charge is -2.22. The number of hydrogen-bond acceptors (Lipinski definition) is 9. The van der Waals surface area contributed by atoms with Gasteiger partial charge in [-0.05, 0) is 36.3 Å². The SMILES string of the molecule is COc1cc(C(C)C)c(Oc2cnc(NC3CCSCC3)nc2N)cc1S(C)(=O)=O. The van der Waals surface area contributed by atoms with E-state index in [-0.39, 0.29) is 28.1 Å². The minimum Gasteiger partial charge on any atom is -0.495 e. The highest BCUT2D eigenvalue weighted by molar-refractivity contribution is 7.99. The van der Waals surface area contributed by atoms with Crippen molar-refractivity contribution in [1.29, 1.82) is 0 Å². The zero-order chi connectivity index (χ0) is 21.9. The van der Waals surface area contributed by atoms with Crippen molar-refractivity contribution < 1.29 is 17.9 Å². The molecule has 1 aliphatic heterocycles. The predicted molar refractivity (Wildman–Crippen MR) is 121 cm³/mol. The monoisotopic (exact) mass is 452 g/mol. The Kier molecular flexibility index (Phi) is 6.97. The molecule has 3 rings (SSSR count). The molecular formula is C20H28N4O4S2. The number of benzene rings is 1. The standard InChI is InChI=1S/C20H28N4O4S2/c1-12(2)14-9-16(27-3)18(30(4,25)26)10-15(14)28-17-11-22-20(24-19(17)21)23-13-5-7-29-8-6-13/h9-13H,5-8H2,1-4H3,(H3,21,22,23,24). The third-order valence-corrected chi connectivity index (χ3v) is 7.04. The van der Waals surface area contributed by atoms with Crippen molar-refractivity contribution in [1.82, 2.24) is 9.97 Å². The fourth-order valence-corrected chi connectivity index (χ4v) is 5.16. The number of nitrogen functional groups attached to an aromatic ring is 1. The van der Waals surface area contributed by atoms with Gasteiger partial charge in [0.25, 0.3) is 0 Å². The Bertz CT molecular complexity index is 1010. The third-order valence-electron chi connectivity index (χ3n) is 4.87. The number of nitrogens with one attached hydrogen (secondary N) is 1. The molecule has 0 radical (unpaired) electrons. The second-order valence-electron chi connectivity index (χ2n) is 7.54. The van der Waals surface area contributed by atoms with Gasteiger partial charge in [0.1, 0.15) is 16.4 Å². The minimum absolute atomic E-state index is 0.0531. The molecule has 0 atom stereocenters. The Labute approximate surface area is 181 Å². The number of methoxy groups -OCH3 is 1. The van der Waals surface area contributed by atoms with E-state index in [1.807, 2.05) is 25.6 Å². The number of rotatable bonds is 7. The van der Waals surface area contributed by atoms with Crippen LogP contribution in [0, 0.1) is 0 Å². The summed E-state index contributed by atoms with van der Waals surface area (Å²) in [6.45, 7) is 3.97. The van der Waals surface area contributed by atoms with Gasteiger partial charge in [-0.15, -0.1) is 0 Å². The molecule has 0 bridgehead atoms. The fourth-order valence-electron chi connectivity index (χ4n) is 3.22. The van der Waals surface area contributed by atoms with Crippen LogP contribution >= 0.6 is 11.8 Å². The Balaban J connectivity index is 1.91. The van der Waals surface area contributed by atoms with Gasteiger partial charge in [-0.3, -0.25) is 0 Å². The first-order valence-electron chi connectivity index (χ1n) is 9.75. The summed E-state index contributed by atoms with van der Waals surface area (Å²) in [5.74, 6) is 3.88. The number of hydrogen-bond donors (Lipinski definition) is 2. The van der Waals surface area contributed by atoms with Crippen LogP contribution in [0.2, 0.25) is 0 Å². The van der Waals surface area contributed by atoms with Crippen molar-refractivity contribution in [3.63, 3.8) is 0 Å². The van der Waals surface area contributed by atoms with Crippen molar-refractivity contribution in [2.45, 2.75) is 43.5 Å². The zero-order valence-electron chi connectivity index (χ0n) is 17.6. The highest BCUT2D eigenvalue weighted by atomic mass is 32.2. The molecule has 0 aliphatic carbocycles. The van der Waals surface area contributed by atoms with Gasteiger partial charge in [0, 0.05) is 23.9 Å². The Morgan fingerprint density at radius 3 is 2.47 bits per heavy atom. The van der Waals surface area contributed by atoms with Gasteiger partial charge in [-0.2, -0.15) is 16.7 Å². The zero-order valence-corrected chi connectivity index (χ0v) is 19.3. The molecule has 3 N–H and O–H groups in total. The molecule has 1 fully saturated rings. The quantitative estimate of drug-likeness (QED) is 0.648. The maximum absolute atomic E-state index is 12.2. The molecule has 8 nitrogen and oxygen atoms in total. The molecule has 1 aliphatic rings. The van der Waals surface area contributed by atoms with E-state index in [2.05, 4.69) is 15.3 Å². The van der Waals surface area contributed by atoms with Crippen LogP contribution < -0.4 is 20.5 Å². The first-order chi connectivity index (χ1) is 14.2. The van der Waals surface area contributed by atoms with Gasteiger partial charge in [-0.1, -0.05) is 13.8 Å². The molecule has 0 spiro atoms. The maximum Gasteiger partial charge on any atom is 0.225 e. The average molecular weight is 453 g/mol. The second kappa shape index (κ2) is 9.30. The largest absolute Gasteiger partial charge is 0.495 e. The summed E-state index contributed by atoms with van der Waals surface area (Å²) in [6.07, 6.45) is 4.76. The highest BCUT2D eigenvalue weighted by Crippen LogP contribution is 2.39. The molecule has 30 heavy (non-hydrogen) atoms. The Morgan fingerprint density at radius 2 is 1.90 bits per heavy atom. The third kappa shape index (κ3) is 5.28. The lowest BCUT2D eigenvalue weighted by molar-refractivity contribution is 0.398. The summed E-state index contributed by atoms with van der Waals surface area (Å²) in [6, 6.07) is 3.49. The Hall–Kier alpha value is -2.20. The second-order valence-corrected chi connectivity index (χ2v) is 10.8. The molecular weight excluding hydrogens is 424 g/mol. The lowest BCUT2D eigenvalue weighted by Crippen LogP contribution is -2.25. The van der Waals surface area contributed by atoms with Crippen molar-refractivity contribution in [2.24, 2.45) is 0 Å². The molecule has 1 aromatic heterocycles. The normalized spacial score (nSPS) is 15.2. The molecule has 164 valence electrons. The molecule has 2 aromatic rings. The molecule has 0 saturated carbocycles. The van der Waals surface area contributed by atoms with Gasteiger partial charge in [-0.25, -0.2) is 13.4 Å². The lowest BCUT2D eigenvalue weighted by atomic mass is 10.0. The Morgan fingerprint density at radius 1 is 1.20 bits per heavy atom. The summed E-state index contributed by atoms with van der Waals surface area (Å²) in [5.41, 5.74) is 6.91. The van der Waals surface area contributed by atoms with Crippen LogP contribution in [0.1, 0.15) is 38.2 Å². The van der Waals surface area contributed by atoms with E-state index in [0.29, 0.717) is 17.7 Å². The predicted octanol–water partition coefficient (Wildman–Crippen LogP) is 3.69. The number of thioether (sulfide) groups is 1. The number of nitrogens with zero attached hydrogens (tertiary/aromatic N) is 2. The molecule has 1 saturated heterocycles. The van der Waals surface area contributed by atoms with E-state index in [0.717, 1.165) is 36.2 Å². The van der Waals surface area contributed by atoms with Gasteiger partial charge in [0.05, 0.1) is 13.3 Å². The van der Waals surface area contributed by atoms with Gasteiger partial charge in [0.15, 0.2) is 21.4 Å². The molecule has 10 heteroatoms. The van der Waals surface area contributed by atoms with E-state index >= 15 is 0 Å². The summed E-state index contributed by atoms with van der Waals surface area (Å²) in [7, 11) is -2.07. The van der Waals surface area contributed by atoms with Crippen molar-refractivity contribution in [3.05, 3.63) is 23.9 Å². The maximum atomic E-state index is 12.2. The van der Waals surface area contributed by atoms with E-state index in [9.17, 15) is 8.42 Å². The van der Waals surface area contributed by atoms with Crippen molar-refractivity contribution in [3.8, 4) is 17.2 Å². The van der Waals surface area contributed by atoms with Crippen molar-refractivity contribution >= 4 is 33.4 Å². The highest BCUT2D eigenvalue weighted by Gasteiger charge is 2.22.